The molecule has 2 rings (SSSR count). The summed E-state index contributed by atoms with van der Waals surface area (Å²) in [6.45, 7) is 0.138. The lowest BCUT2D eigenvalue weighted by atomic mass is 10.2. The zero-order chi connectivity index (χ0) is 14.5. The Bertz CT molecular complexity index is 605. The largest absolute Gasteiger partial charge is 0.338 e. The predicted molar refractivity (Wildman–Crippen MR) is 81.2 cm³/mol. The van der Waals surface area contributed by atoms with E-state index in [2.05, 4.69) is 0 Å². The van der Waals surface area contributed by atoms with E-state index in [1.165, 1.54) is 17.0 Å². The number of hydrogen-bond donors (Lipinski definition) is 0. The summed E-state index contributed by atoms with van der Waals surface area (Å²) in [5.41, 5.74) is 0.328. The zero-order valence-electron chi connectivity index (χ0n) is 10.8. The molecule has 1 aromatic carbocycles. The minimum absolute atomic E-state index is 0.138. The van der Waals surface area contributed by atoms with Crippen LogP contribution < -0.4 is 0 Å². The van der Waals surface area contributed by atoms with Gasteiger partial charge in [0.15, 0.2) is 0 Å². The molecule has 5 heteroatoms. The van der Waals surface area contributed by atoms with Crippen molar-refractivity contribution in [2.75, 3.05) is 7.05 Å². The van der Waals surface area contributed by atoms with Gasteiger partial charge in [-0.25, -0.2) is 4.39 Å². The van der Waals surface area contributed by atoms with Crippen LogP contribution in [0.4, 0.5) is 4.39 Å². The lowest BCUT2D eigenvalue weighted by Gasteiger charge is -2.16. The van der Waals surface area contributed by atoms with Gasteiger partial charge in [0.05, 0.1) is 0 Å². The molecule has 2 aromatic rings. The molecule has 0 aliphatic heterocycles. The normalized spacial score (nSPS) is 10.9. The number of rotatable bonds is 4. The molecule has 1 heterocycles. The molecule has 0 bridgehead atoms. The number of amides is 1. The SMILES string of the molecule is CN(Cc1c(F)cccc1Cl)C(=O)C=Cc1cccs1. The quantitative estimate of drug-likeness (QED) is 0.775. The Morgan fingerprint density at radius 2 is 2.20 bits per heavy atom. The van der Waals surface area contributed by atoms with Crippen LogP contribution in [0.25, 0.3) is 6.08 Å². The van der Waals surface area contributed by atoms with Crippen molar-refractivity contribution in [1.29, 1.82) is 0 Å². The maximum Gasteiger partial charge on any atom is 0.246 e. The Morgan fingerprint density at radius 3 is 2.85 bits per heavy atom. The standard InChI is InChI=1S/C15H13ClFNOS/c1-18(10-12-13(16)5-2-6-14(12)17)15(19)8-7-11-4-3-9-20-11/h2-9H,10H2,1H3. The Morgan fingerprint density at radius 1 is 1.40 bits per heavy atom. The molecule has 1 amide bonds. The molecular formula is C15H13ClFNOS. The zero-order valence-corrected chi connectivity index (χ0v) is 12.4. The van der Waals surface area contributed by atoms with E-state index in [0.29, 0.717) is 10.6 Å². The minimum Gasteiger partial charge on any atom is -0.338 e. The van der Waals surface area contributed by atoms with E-state index in [-0.39, 0.29) is 12.5 Å². The van der Waals surface area contributed by atoms with Gasteiger partial charge < -0.3 is 4.90 Å². The summed E-state index contributed by atoms with van der Waals surface area (Å²) in [7, 11) is 1.61. The molecule has 0 saturated heterocycles. The van der Waals surface area contributed by atoms with Crippen LogP contribution in [0, 0.1) is 5.82 Å². The van der Waals surface area contributed by atoms with Crippen LogP contribution >= 0.6 is 22.9 Å². The number of likely N-dealkylation sites (N-methyl/N-ethyl adjacent to an activating group) is 1. The number of hydrogen-bond acceptors (Lipinski definition) is 2. The number of carbonyl (C=O) groups is 1. The monoisotopic (exact) mass is 309 g/mol. The smallest absolute Gasteiger partial charge is 0.246 e. The van der Waals surface area contributed by atoms with Gasteiger partial charge in [-0.3, -0.25) is 4.79 Å². The highest BCUT2D eigenvalue weighted by Gasteiger charge is 2.12. The van der Waals surface area contributed by atoms with Crippen molar-refractivity contribution < 1.29 is 9.18 Å². The summed E-state index contributed by atoms with van der Waals surface area (Å²) in [5.74, 6) is -0.600. The molecule has 0 aliphatic carbocycles. The van der Waals surface area contributed by atoms with Crippen molar-refractivity contribution >= 4 is 34.9 Å². The van der Waals surface area contributed by atoms with E-state index in [1.54, 1.807) is 36.6 Å². The first-order valence-electron chi connectivity index (χ1n) is 5.97. The molecule has 0 atom stereocenters. The van der Waals surface area contributed by atoms with E-state index in [0.717, 1.165) is 4.88 Å². The first-order valence-corrected chi connectivity index (χ1v) is 7.23. The minimum atomic E-state index is -0.403. The van der Waals surface area contributed by atoms with Crippen LogP contribution in [-0.2, 0) is 11.3 Å². The molecular weight excluding hydrogens is 297 g/mol. The van der Waals surface area contributed by atoms with Crippen LogP contribution in [0.5, 0.6) is 0 Å². The van der Waals surface area contributed by atoms with Gasteiger partial charge in [-0.2, -0.15) is 0 Å². The van der Waals surface area contributed by atoms with E-state index < -0.39 is 5.82 Å². The fourth-order valence-corrected chi connectivity index (χ4v) is 2.51. The predicted octanol–water partition coefficient (Wildman–Crippen LogP) is 4.21. The number of thiophene rings is 1. The number of carbonyl (C=O) groups excluding carboxylic acids is 1. The summed E-state index contributed by atoms with van der Waals surface area (Å²) in [6.07, 6.45) is 3.22. The molecule has 2 nitrogen and oxygen atoms in total. The van der Waals surface area contributed by atoms with E-state index in [1.807, 2.05) is 17.5 Å². The van der Waals surface area contributed by atoms with Crippen molar-refractivity contribution in [2.24, 2.45) is 0 Å². The van der Waals surface area contributed by atoms with E-state index in [9.17, 15) is 9.18 Å². The summed E-state index contributed by atoms with van der Waals surface area (Å²) >= 11 is 7.49. The van der Waals surface area contributed by atoms with E-state index >= 15 is 0 Å². The van der Waals surface area contributed by atoms with Crippen molar-refractivity contribution in [3.63, 3.8) is 0 Å². The number of nitrogens with zero attached hydrogens (tertiary/aromatic N) is 1. The fraction of sp³-hybridized carbons (Fsp3) is 0.133. The summed E-state index contributed by atoms with van der Waals surface area (Å²) < 4.78 is 13.6. The summed E-state index contributed by atoms with van der Waals surface area (Å²) in [4.78, 5) is 14.4. The maximum absolute atomic E-state index is 13.6. The molecule has 0 radical (unpaired) electrons. The molecule has 0 unspecified atom stereocenters. The number of benzene rings is 1. The molecule has 0 saturated carbocycles. The van der Waals surface area contributed by atoms with Crippen molar-refractivity contribution in [3.8, 4) is 0 Å². The third-order valence-electron chi connectivity index (χ3n) is 2.77. The second-order valence-corrected chi connectivity index (χ2v) is 5.63. The van der Waals surface area contributed by atoms with Gasteiger partial charge in [-0.05, 0) is 29.7 Å². The first kappa shape index (κ1) is 14.8. The fourth-order valence-electron chi connectivity index (χ4n) is 1.67. The lowest BCUT2D eigenvalue weighted by Crippen LogP contribution is -2.24. The van der Waals surface area contributed by atoms with Gasteiger partial charge in [0, 0.05) is 35.1 Å². The highest BCUT2D eigenvalue weighted by Crippen LogP contribution is 2.20. The molecule has 1 aromatic heterocycles. The van der Waals surface area contributed by atoms with Crippen molar-refractivity contribution in [3.05, 3.63) is 63.1 Å². The molecule has 0 fully saturated rings. The Balaban J connectivity index is 2.04. The van der Waals surface area contributed by atoms with Gasteiger partial charge >= 0.3 is 0 Å². The van der Waals surface area contributed by atoms with Crippen LogP contribution in [0.1, 0.15) is 10.4 Å². The van der Waals surface area contributed by atoms with Crippen molar-refractivity contribution in [1.82, 2.24) is 4.90 Å². The van der Waals surface area contributed by atoms with Gasteiger partial charge in [-0.1, -0.05) is 23.7 Å². The van der Waals surface area contributed by atoms with Crippen LogP contribution in [0.15, 0.2) is 41.8 Å². The molecule has 0 N–H and O–H groups in total. The summed E-state index contributed by atoms with van der Waals surface area (Å²) in [6, 6.07) is 8.32. The average Bonchev–Trinajstić information content (AvgIpc) is 2.93. The van der Waals surface area contributed by atoms with Gasteiger partial charge in [0.25, 0.3) is 0 Å². The van der Waals surface area contributed by atoms with Gasteiger partial charge in [0.2, 0.25) is 5.91 Å². The Kier molecular flexibility index (Phi) is 4.93. The second-order valence-electron chi connectivity index (χ2n) is 4.24. The highest BCUT2D eigenvalue weighted by molar-refractivity contribution is 7.10. The topological polar surface area (TPSA) is 20.3 Å². The van der Waals surface area contributed by atoms with Crippen LogP contribution in [0.2, 0.25) is 5.02 Å². The second kappa shape index (κ2) is 6.68. The lowest BCUT2D eigenvalue weighted by molar-refractivity contribution is -0.125. The van der Waals surface area contributed by atoms with Gasteiger partial charge in [0.1, 0.15) is 5.82 Å². The molecule has 0 aliphatic rings. The van der Waals surface area contributed by atoms with Crippen LogP contribution in [0.3, 0.4) is 0 Å². The molecule has 20 heavy (non-hydrogen) atoms. The third-order valence-corrected chi connectivity index (χ3v) is 3.96. The van der Waals surface area contributed by atoms with Crippen LogP contribution in [-0.4, -0.2) is 17.9 Å². The first-order chi connectivity index (χ1) is 9.58. The summed E-state index contributed by atoms with van der Waals surface area (Å²) in [5, 5.41) is 2.26. The molecule has 104 valence electrons. The Labute approximate surface area is 126 Å². The number of halogens is 2. The highest BCUT2D eigenvalue weighted by atomic mass is 35.5. The maximum atomic E-state index is 13.6. The average molecular weight is 310 g/mol. The third kappa shape index (κ3) is 3.68. The van der Waals surface area contributed by atoms with Crippen molar-refractivity contribution in [2.45, 2.75) is 6.54 Å². The van der Waals surface area contributed by atoms with E-state index in [4.69, 9.17) is 11.6 Å². The Hall–Kier alpha value is -1.65. The van der Waals surface area contributed by atoms with Gasteiger partial charge in [-0.15, -0.1) is 11.3 Å². The molecule has 0 spiro atoms.